The molecule has 0 bridgehead atoms. The maximum atomic E-state index is 3.36. The predicted octanol–water partition coefficient (Wildman–Crippen LogP) is 2.78. The van der Waals surface area contributed by atoms with Crippen LogP contribution in [0.25, 0.3) is 0 Å². The minimum absolute atomic E-state index is 0.708. The quantitative estimate of drug-likeness (QED) is 0.473. The average molecular weight is 341 g/mol. The molecule has 0 spiro atoms. The normalized spacial score (nSPS) is 15.8. The molecule has 0 heterocycles. The minimum atomic E-state index is -0.708. The molecule has 0 saturated heterocycles. The van der Waals surface area contributed by atoms with Gasteiger partial charge in [-0.25, -0.2) is 0 Å². The molecule has 0 saturated carbocycles. The van der Waals surface area contributed by atoms with Crippen molar-refractivity contribution in [2.45, 2.75) is 24.2 Å². The molecule has 1 atom stereocenters. The van der Waals surface area contributed by atoms with E-state index in [0.717, 1.165) is 3.92 Å². The second kappa shape index (κ2) is 5.22. The molecule has 0 aliphatic carbocycles. The molecule has 1 N–H and O–H groups in total. The van der Waals surface area contributed by atoms with Gasteiger partial charge in [0.15, 0.2) is 0 Å². The Morgan fingerprint density at radius 1 is 1.75 bits per heavy atom. The van der Waals surface area contributed by atoms with Crippen LogP contribution in [0.3, 0.4) is 0 Å². The maximum absolute atomic E-state index is 3.36. The van der Waals surface area contributed by atoms with Gasteiger partial charge in [0, 0.05) is 0 Å². The van der Waals surface area contributed by atoms with E-state index in [1.165, 1.54) is 6.42 Å². The average Bonchev–Trinajstić information content (AvgIpc) is 1.84. The third-order valence-electron chi connectivity index (χ3n) is 1.07. The zero-order valence-electron chi connectivity index (χ0n) is 5.54. The van der Waals surface area contributed by atoms with Crippen LogP contribution in [-0.4, -0.2) is 11.0 Å². The van der Waals surface area contributed by atoms with E-state index >= 15 is 0 Å². The summed E-state index contributed by atoms with van der Waals surface area (Å²) in [5.74, 6) is 0. The van der Waals surface area contributed by atoms with Crippen molar-refractivity contribution in [2.24, 2.45) is 0 Å². The van der Waals surface area contributed by atoms with Crippen molar-refractivity contribution in [2.75, 3.05) is 7.05 Å². The number of nitrogens with one attached hydrogen (secondary N) is 1. The summed E-state index contributed by atoms with van der Waals surface area (Å²) in [4.78, 5) is 0. The molecule has 0 fully saturated rings. The second-order valence-corrected chi connectivity index (χ2v) is 12.2. The molecule has 0 aliphatic rings. The van der Waals surface area contributed by atoms with Gasteiger partial charge >= 0.3 is 69.5 Å². The van der Waals surface area contributed by atoms with Gasteiger partial charge in [-0.15, -0.1) is 0 Å². The Hall–Kier alpha value is 1.42. The van der Waals surface area contributed by atoms with Crippen molar-refractivity contribution >= 4 is 34.7 Å². The first kappa shape index (κ1) is 9.42. The predicted molar refractivity (Wildman–Crippen MR) is 56.9 cm³/mol. The molecule has 1 nitrogen and oxygen atoms in total. The van der Waals surface area contributed by atoms with Gasteiger partial charge < -0.3 is 0 Å². The first-order valence-electron chi connectivity index (χ1n) is 2.74. The van der Waals surface area contributed by atoms with Crippen LogP contribution in [0.4, 0.5) is 0 Å². The van der Waals surface area contributed by atoms with E-state index in [9.17, 15) is 0 Å². The molecule has 0 aromatic carbocycles. The van der Waals surface area contributed by atoms with Crippen LogP contribution in [0, 0.1) is 0 Å². The van der Waals surface area contributed by atoms with Gasteiger partial charge in [0.25, 0.3) is 0 Å². The van der Waals surface area contributed by atoms with Crippen molar-refractivity contribution in [3.8, 4) is 0 Å². The van der Waals surface area contributed by atoms with Gasteiger partial charge in [-0.05, 0) is 0 Å². The van der Waals surface area contributed by atoms with E-state index in [2.05, 4.69) is 43.0 Å². The molecule has 1 unspecified atom stereocenters. The Bertz CT molecular complexity index is 50.4. The Morgan fingerprint density at radius 3 is 2.38 bits per heavy atom. The van der Waals surface area contributed by atoms with Gasteiger partial charge in [-0.3, -0.25) is 0 Å². The van der Waals surface area contributed by atoms with Gasteiger partial charge in [-0.2, -0.15) is 0 Å². The molecule has 0 rings (SSSR count). The van der Waals surface area contributed by atoms with E-state index in [1.807, 2.05) is 0 Å². The van der Waals surface area contributed by atoms with Crippen LogP contribution in [0.15, 0.2) is 0 Å². The molecule has 8 heavy (non-hydrogen) atoms. The summed E-state index contributed by atoms with van der Waals surface area (Å²) in [6.07, 6.45) is 1.33. The molecule has 52 valence electrons. The Balaban J connectivity index is 3.29. The van der Waals surface area contributed by atoms with E-state index in [1.54, 1.807) is 0 Å². The van der Waals surface area contributed by atoms with Crippen LogP contribution in [0.1, 0.15) is 20.3 Å². The summed E-state index contributed by atoms with van der Waals surface area (Å²) in [5.41, 5.74) is 0. The van der Waals surface area contributed by atoms with E-state index in [0.29, 0.717) is 0 Å². The molecule has 0 aromatic heterocycles. The molecule has 0 radical (unpaired) electrons. The van der Waals surface area contributed by atoms with Crippen LogP contribution < -0.4 is 3.53 Å². The molecule has 0 aromatic rings. The molecule has 0 aliphatic heterocycles. The van der Waals surface area contributed by atoms with E-state index in [4.69, 9.17) is 0 Å². The Labute approximate surface area is 68.9 Å². The van der Waals surface area contributed by atoms with Crippen molar-refractivity contribution in [1.29, 1.82) is 0 Å². The Kier molecular flexibility index (Phi) is 6.15. The van der Waals surface area contributed by atoms with Crippen molar-refractivity contribution in [1.82, 2.24) is 3.53 Å². The SMILES string of the molecule is CCC(C)I(I)NC. The standard InChI is InChI=1S/C5H13I2N/c1-4-5(2)7(6)8-3/h5,8H,4H2,1-3H3. The Morgan fingerprint density at radius 2 is 2.25 bits per heavy atom. The molecule has 3 heteroatoms. The van der Waals surface area contributed by atoms with Crippen LogP contribution in [0.2, 0.25) is 0 Å². The first-order chi connectivity index (χ1) is 3.72. The topological polar surface area (TPSA) is 12.0 Å². The third kappa shape index (κ3) is 3.45. The van der Waals surface area contributed by atoms with Crippen LogP contribution >= 0.6 is 34.7 Å². The summed E-state index contributed by atoms with van der Waals surface area (Å²) in [7, 11) is 2.07. The third-order valence-corrected chi connectivity index (χ3v) is 13.0. The van der Waals surface area contributed by atoms with Gasteiger partial charge in [0.05, 0.1) is 0 Å². The van der Waals surface area contributed by atoms with Crippen molar-refractivity contribution < 1.29 is 0 Å². The number of hydrogen-bond acceptors (Lipinski definition) is 1. The summed E-state index contributed by atoms with van der Waals surface area (Å²) in [6, 6.07) is 0. The van der Waals surface area contributed by atoms with E-state index in [-0.39, 0.29) is 0 Å². The van der Waals surface area contributed by atoms with Crippen molar-refractivity contribution in [3.05, 3.63) is 0 Å². The fourth-order valence-electron chi connectivity index (χ4n) is 0.322. The molecular formula is C5H13I2N. The molecular weight excluding hydrogens is 328 g/mol. The number of hydrogen-bond donors (Lipinski definition) is 1. The monoisotopic (exact) mass is 341 g/mol. The van der Waals surface area contributed by atoms with Gasteiger partial charge in [-0.1, -0.05) is 0 Å². The first-order valence-corrected chi connectivity index (χ1v) is 11.4. The van der Waals surface area contributed by atoms with Crippen LogP contribution in [-0.2, 0) is 0 Å². The van der Waals surface area contributed by atoms with Gasteiger partial charge in [0.1, 0.15) is 0 Å². The fourth-order valence-corrected chi connectivity index (χ4v) is 4.39. The summed E-state index contributed by atoms with van der Waals surface area (Å²) in [6.45, 7) is 4.58. The van der Waals surface area contributed by atoms with Crippen molar-refractivity contribution in [3.63, 3.8) is 0 Å². The number of halogens is 2. The summed E-state index contributed by atoms with van der Waals surface area (Å²) in [5, 5.41) is 0. The second-order valence-electron chi connectivity index (χ2n) is 1.64. The fraction of sp³-hybridized carbons (Fsp3) is 1.00. The van der Waals surface area contributed by atoms with Gasteiger partial charge in [0.2, 0.25) is 0 Å². The van der Waals surface area contributed by atoms with Crippen LogP contribution in [0.5, 0.6) is 0 Å². The number of rotatable bonds is 3. The summed E-state index contributed by atoms with van der Waals surface area (Å²) < 4.78 is 4.31. The molecule has 0 amide bonds. The zero-order valence-corrected chi connectivity index (χ0v) is 9.86. The zero-order chi connectivity index (χ0) is 6.57. The number of alkyl halides is 1. The van der Waals surface area contributed by atoms with E-state index < -0.39 is 16.1 Å². The summed E-state index contributed by atoms with van der Waals surface area (Å²) >= 11 is 1.87.